The number of aliphatic hydroxyl groups excluding tert-OH is 1. The molecular formula is C36H44N4O4S. The Morgan fingerprint density at radius 2 is 1.84 bits per heavy atom. The second-order valence-electron chi connectivity index (χ2n) is 13.5. The zero-order valence-corrected chi connectivity index (χ0v) is 27.7. The normalized spacial score (nSPS) is 19.5. The summed E-state index contributed by atoms with van der Waals surface area (Å²) in [6.07, 6.45) is 1.24. The van der Waals surface area contributed by atoms with E-state index in [9.17, 15) is 19.2 Å². The summed E-state index contributed by atoms with van der Waals surface area (Å²) in [7, 11) is -1.36. The van der Waals surface area contributed by atoms with E-state index in [1.165, 1.54) is 5.56 Å². The molecule has 2 aromatic carbocycles. The molecule has 2 aliphatic rings. The maximum atomic E-state index is 13.8. The standard InChI is InChI=1S/C36H44N4O4S/c1-35(2,3)45(44)40-23-28-21-30(34(42)37-29-15-18-39(24-29)22-26-10-7-6-8-11-26)38-33(32(28)31(40)16-19-41)27-13-9-12-25(20-27)14-17-36(4,5)43/h6-13,20-21,29,31,41,43H,15-16,18-19,22-24H2,1-5H3,(H,37,42)/t29-,31-,45-/m1/s1. The number of hydrogen-bond donors (Lipinski definition) is 3. The smallest absolute Gasteiger partial charge is 0.270 e. The van der Waals surface area contributed by atoms with E-state index in [1.807, 2.05) is 73.6 Å². The first-order chi connectivity index (χ1) is 21.3. The lowest BCUT2D eigenvalue weighted by Crippen LogP contribution is -2.37. The van der Waals surface area contributed by atoms with Gasteiger partial charge in [0, 0.05) is 55.5 Å². The largest absolute Gasteiger partial charge is 0.396 e. The number of carbonyl (C=O) groups excluding carboxylic acids is 1. The van der Waals surface area contributed by atoms with Gasteiger partial charge in [0.15, 0.2) is 0 Å². The molecule has 1 saturated heterocycles. The topological polar surface area (TPSA) is 106 Å². The van der Waals surface area contributed by atoms with Crippen molar-refractivity contribution in [2.75, 3.05) is 19.7 Å². The summed E-state index contributed by atoms with van der Waals surface area (Å²) in [6.45, 7) is 11.9. The molecule has 2 aliphatic heterocycles. The van der Waals surface area contributed by atoms with Gasteiger partial charge < -0.3 is 15.5 Å². The Labute approximate surface area is 269 Å². The number of fused-ring (bicyclic) bond motifs is 1. The Bertz CT molecular complexity index is 1620. The molecule has 0 spiro atoms. The van der Waals surface area contributed by atoms with Crippen LogP contribution in [0.4, 0.5) is 0 Å². The fourth-order valence-corrected chi connectivity index (χ4v) is 7.37. The van der Waals surface area contributed by atoms with Gasteiger partial charge in [-0.25, -0.2) is 13.5 Å². The quantitative estimate of drug-likeness (QED) is 0.316. The molecule has 0 saturated carbocycles. The number of carbonyl (C=O) groups is 1. The van der Waals surface area contributed by atoms with Crippen LogP contribution in [-0.2, 0) is 24.1 Å². The monoisotopic (exact) mass is 628 g/mol. The molecule has 8 nitrogen and oxygen atoms in total. The summed E-state index contributed by atoms with van der Waals surface area (Å²) < 4.78 is 15.1. The van der Waals surface area contributed by atoms with Crippen LogP contribution in [-0.4, -0.2) is 70.6 Å². The molecule has 0 bridgehead atoms. The molecule has 0 aliphatic carbocycles. The van der Waals surface area contributed by atoms with Gasteiger partial charge in [0.05, 0.1) is 16.5 Å². The van der Waals surface area contributed by atoms with Gasteiger partial charge in [-0.1, -0.05) is 54.3 Å². The van der Waals surface area contributed by atoms with Crippen LogP contribution >= 0.6 is 0 Å². The van der Waals surface area contributed by atoms with Gasteiger partial charge in [0.1, 0.15) is 22.3 Å². The van der Waals surface area contributed by atoms with Crippen LogP contribution in [0.25, 0.3) is 11.3 Å². The summed E-state index contributed by atoms with van der Waals surface area (Å²) in [5.41, 5.74) is 4.26. The van der Waals surface area contributed by atoms with Crippen LogP contribution in [0.5, 0.6) is 0 Å². The van der Waals surface area contributed by atoms with Gasteiger partial charge in [-0.15, -0.1) is 0 Å². The minimum atomic E-state index is -1.36. The first-order valence-corrected chi connectivity index (χ1v) is 16.7. The highest BCUT2D eigenvalue weighted by Crippen LogP contribution is 2.44. The van der Waals surface area contributed by atoms with Crippen molar-refractivity contribution in [1.29, 1.82) is 0 Å². The van der Waals surface area contributed by atoms with Gasteiger partial charge in [-0.2, -0.15) is 0 Å². The molecule has 45 heavy (non-hydrogen) atoms. The number of amides is 1. The Hall–Kier alpha value is -3.39. The van der Waals surface area contributed by atoms with Gasteiger partial charge in [-0.3, -0.25) is 9.69 Å². The molecule has 1 aromatic heterocycles. The number of aromatic nitrogens is 1. The van der Waals surface area contributed by atoms with Crippen LogP contribution in [0.1, 0.15) is 86.2 Å². The fraction of sp³-hybridized carbons (Fsp3) is 0.444. The molecule has 3 aromatic rings. The highest BCUT2D eigenvalue weighted by Gasteiger charge is 2.40. The van der Waals surface area contributed by atoms with Crippen molar-refractivity contribution in [1.82, 2.24) is 19.5 Å². The molecule has 0 unspecified atom stereocenters. The zero-order valence-electron chi connectivity index (χ0n) is 26.8. The predicted octanol–water partition coefficient (Wildman–Crippen LogP) is 4.58. The number of likely N-dealkylation sites (tertiary alicyclic amines) is 1. The van der Waals surface area contributed by atoms with Gasteiger partial charge >= 0.3 is 0 Å². The molecule has 3 heterocycles. The Balaban J connectivity index is 1.49. The Kier molecular flexibility index (Phi) is 9.92. The third-order valence-corrected chi connectivity index (χ3v) is 9.89. The maximum Gasteiger partial charge on any atom is 0.270 e. The van der Waals surface area contributed by atoms with Gasteiger partial charge in [-0.05, 0) is 76.8 Å². The minimum Gasteiger partial charge on any atom is -0.396 e. The highest BCUT2D eigenvalue weighted by atomic mass is 32.2. The van der Waals surface area contributed by atoms with Crippen LogP contribution in [0.15, 0.2) is 60.7 Å². The highest BCUT2D eigenvalue weighted by molar-refractivity contribution is 7.84. The third-order valence-electron chi connectivity index (χ3n) is 8.03. The summed E-state index contributed by atoms with van der Waals surface area (Å²) in [5, 5.41) is 23.4. The van der Waals surface area contributed by atoms with Crippen molar-refractivity contribution in [2.24, 2.45) is 0 Å². The van der Waals surface area contributed by atoms with E-state index in [4.69, 9.17) is 4.98 Å². The molecular weight excluding hydrogens is 584 g/mol. The van der Waals surface area contributed by atoms with Crippen molar-refractivity contribution in [2.45, 2.75) is 83.0 Å². The zero-order chi connectivity index (χ0) is 32.4. The van der Waals surface area contributed by atoms with Gasteiger partial charge in [0.2, 0.25) is 0 Å². The second-order valence-corrected chi connectivity index (χ2v) is 15.7. The molecule has 1 fully saturated rings. The van der Waals surface area contributed by atoms with Crippen LogP contribution in [0.3, 0.4) is 0 Å². The number of hydrogen-bond acceptors (Lipinski definition) is 6. The average molecular weight is 629 g/mol. The number of pyridine rings is 1. The number of nitrogens with zero attached hydrogens (tertiary/aromatic N) is 3. The minimum absolute atomic E-state index is 0.00665. The fourth-order valence-electron chi connectivity index (χ4n) is 5.97. The first kappa shape index (κ1) is 33.0. The van der Waals surface area contributed by atoms with Crippen LogP contribution in [0.2, 0.25) is 0 Å². The molecule has 238 valence electrons. The van der Waals surface area contributed by atoms with Crippen molar-refractivity contribution < 1.29 is 19.2 Å². The van der Waals surface area contributed by atoms with E-state index < -0.39 is 21.3 Å². The number of benzene rings is 2. The molecule has 0 radical (unpaired) electrons. The van der Waals surface area contributed by atoms with E-state index in [0.29, 0.717) is 29.9 Å². The maximum absolute atomic E-state index is 13.8. The summed E-state index contributed by atoms with van der Waals surface area (Å²) in [4.78, 5) is 21.1. The Morgan fingerprint density at radius 1 is 1.09 bits per heavy atom. The van der Waals surface area contributed by atoms with Crippen LogP contribution in [0, 0.1) is 11.8 Å². The molecule has 9 heteroatoms. The van der Waals surface area contributed by atoms with Crippen LogP contribution < -0.4 is 5.32 Å². The number of aliphatic hydroxyl groups is 2. The lowest BCUT2D eigenvalue weighted by molar-refractivity contribution is 0.0932. The first-order valence-electron chi connectivity index (χ1n) is 15.6. The van der Waals surface area contributed by atoms with Crippen molar-refractivity contribution in [3.8, 4) is 23.1 Å². The van der Waals surface area contributed by atoms with Crippen molar-refractivity contribution in [3.63, 3.8) is 0 Å². The second kappa shape index (κ2) is 13.5. The van der Waals surface area contributed by atoms with E-state index in [1.54, 1.807) is 13.8 Å². The lowest BCUT2D eigenvalue weighted by Gasteiger charge is -2.30. The van der Waals surface area contributed by atoms with Crippen molar-refractivity contribution >= 4 is 16.9 Å². The molecule has 5 rings (SSSR count). The third kappa shape index (κ3) is 8.07. The molecule has 3 atom stereocenters. The van der Waals surface area contributed by atoms with Gasteiger partial charge in [0.25, 0.3) is 5.91 Å². The average Bonchev–Trinajstić information content (AvgIpc) is 3.59. The van der Waals surface area contributed by atoms with E-state index in [-0.39, 0.29) is 24.6 Å². The predicted molar refractivity (Wildman–Crippen MR) is 178 cm³/mol. The number of nitrogens with one attached hydrogen (secondary N) is 1. The summed E-state index contributed by atoms with van der Waals surface area (Å²) in [5.74, 6) is 5.66. The lowest BCUT2D eigenvalue weighted by atomic mass is 9.95. The molecule has 3 N–H and O–H groups in total. The van der Waals surface area contributed by atoms with Crippen molar-refractivity contribution in [3.05, 3.63) is 88.6 Å². The SMILES string of the molecule is CC(C)(O)C#Cc1cccc(-c2nc(C(=O)N[C@@H]3CCN(Cc4ccccc4)C3)cc3c2[C@@H](CCO)N([S@](=O)C(C)(C)C)C3)c1. The van der Waals surface area contributed by atoms with E-state index >= 15 is 0 Å². The summed E-state index contributed by atoms with van der Waals surface area (Å²) >= 11 is 0. The number of rotatable bonds is 8. The Morgan fingerprint density at radius 3 is 2.53 bits per heavy atom. The van der Waals surface area contributed by atoms with E-state index in [0.717, 1.165) is 42.7 Å². The van der Waals surface area contributed by atoms with E-state index in [2.05, 4.69) is 34.2 Å². The summed E-state index contributed by atoms with van der Waals surface area (Å²) in [6, 6.07) is 19.4. The molecule has 1 amide bonds.